The zero-order valence-corrected chi connectivity index (χ0v) is 10.4. The molecule has 0 heterocycles. The van der Waals surface area contributed by atoms with Crippen molar-refractivity contribution >= 4 is 34.8 Å². The maximum atomic E-state index is 6.01. The van der Waals surface area contributed by atoms with Crippen molar-refractivity contribution in [3.63, 3.8) is 0 Å². The van der Waals surface area contributed by atoms with E-state index < -0.39 is 0 Å². The lowest BCUT2D eigenvalue weighted by Gasteiger charge is -2.03. The molecule has 15 heavy (non-hydrogen) atoms. The van der Waals surface area contributed by atoms with Crippen molar-refractivity contribution in [2.75, 3.05) is 0 Å². The molecule has 0 amide bonds. The first-order valence-electron chi connectivity index (χ1n) is 4.93. The highest BCUT2D eigenvalue weighted by atomic mass is 35.5. The zero-order chi connectivity index (χ0) is 10.8. The summed E-state index contributed by atoms with van der Waals surface area (Å²) in [4.78, 5) is 0. The van der Waals surface area contributed by atoms with Crippen molar-refractivity contribution in [1.29, 1.82) is 0 Å². The molecule has 2 rings (SSSR count). The van der Waals surface area contributed by atoms with Crippen LogP contribution in [0.25, 0.3) is 0 Å². The van der Waals surface area contributed by atoms with Gasteiger partial charge in [0.25, 0.3) is 0 Å². The molecule has 1 atom stereocenters. The summed E-state index contributed by atoms with van der Waals surface area (Å²) in [5.74, 6) is 0. The first-order valence-corrected chi connectivity index (χ1v) is 6.12. The van der Waals surface area contributed by atoms with Gasteiger partial charge in [0.05, 0.1) is 15.4 Å². The highest BCUT2D eigenvalue weighted by Gasteiger charge is 2.13. The number of rotatable bonds is 2. The van der Waals surface area contributed by atoms with Crippen LogP contribution in [0.2, 0.25) is 10.0 Å². The second-order valence-electron chi connectivity index (χ2n) is 3.80. The fourth-order valence-electron chi connectivity index (χ4n) is 1.80. The Labute approximate surface area is 105 Å². The largest absolute Gasteiger partial charge is 0.118 e. The van der Waals surface area contributed by atoms with Crippen LogP contribution < -0.4 is 0 Å². The van der Waals surface area contributed by atoms with Crippen LogP contribution in [-0.4, -0.2) is 5.38 Å². The lowest BCUT2D eigenvalue weighted by Crippen LogP contribution is -1.87. The van der Waals surface area contributed by atoms with Crippen molar-refractivity contribution in [2.45, 2.75) is 24.6 Å². The minimum Gasteiger partial charge on any atom is -0.118 e. The predicted octanol–water partition coefficient (Wildman–Crippen LogP) is 4.86. The second-order valence-corrected chi connectivity index (χ2v) is 5.18. The second kappa shape index (κ2) is 4.78. The van der Waals surface area contributed by atoms with E-state index in [2.05, 4.69) is 6.08 Å². The number of benzene rings is 1. The van der Waals surface area contributed by atoms with Crippen LogP contribution in [0.3, 0.4) is 0 Å². The first-order chi connectivity index (χ1) is 7.15. The normalized spacial score (nSPS) is 20.5. The topological polar surface area (TPSA) is 0 Å². The van der Waals surface area contributed by atoms with Crippen LogP contribution in [0, 0.1) is 0 Å². The van der Waals surface area contributed by atoms with Gasteiger partial charge in [-0.3, -0.25) is 0 Å². The monoisotopic (exact) mass is 260 g/mol. The third-order valence-electron chi connectivity index (χ3n) is 2.57. The van der Waals surface area contributed by atoms with Crippen molar-refractivity contribution < 1.29 is 0 Å². The van der Waals surface area contributed by atoms with Crippen LogP contribution >= 0.6 is 34.8 Å². The average molecular weight is 262 g/mol. The fourth-order valence-corrected chi connectivity index (χ4v) is 2.41. The molecule has 0 bridgehead atoms. The van der Waals surface area contributed by atoms with Crippen LogP contribution in [0.4, 0.5) is 0 Å². The van der Waals surface area contributed by atoms with E-state index >= 15 is 0 Å². The summed E-state index contributed by atoms with van der Waals surface area (Å²) < 4.78 is 0. The molecule has 1 unspecified atom stereocenters. The maximum Gasteiger partial charge on any atom is 0.0595 e. The standard InChI is InChI=1S/C12H11Cl3/c13-10-3-1-8(6-10)5-9-2-4-11(14)12(15)7-9/h2,4,6-7,10H,1,3,5H2. The average Bonchev–Trinajstić information content (AvgIpc) is 2.58. The van der Waals surface area contributed by atoms with Crippen molar-refractivity contribution in [3.8, 4) is 0 Å². The Morgan fingerprint density at radius 2 is 2.00 bits per heavy atom. The Morgan fingerprint density at radius 1 is 1.20 bits per heavy atom. The van der Waals surface area contributed by atoms with Gasteiger partial charge in [0.15, 0.2) is 0 Å². The number of hydrogen-bond acceptors (Lipinski definition) is 0. The summed E-state index contributed by atoms with van der Waals surface area (Å²) in [5.41, 5.74) is 2.59. The predicted molar refractivity (Wildman–Crippen MR) is 67.1 cm³/mol. The number of halogens is 3. The maximum absolute atomic E-state index is 6.01. The highest BCUT2D eigenvalue weighted by Crippen LogP contribution is 2.28. The molecule has 80 valence electrons. The third-order valence-corrected chi connectivity index (χ3v) is 3.66. The van der Waals surface area contributed by atoms with Crippen molar-refractivity contribution in [3.05, 3.63) is 45.5 Å². The molecule has 1 aromatic carbocycles. The van der Waals surface area contributed by atoms with Crippen LogP contribution in [-0.2, 0) is 6.42 Å². The first kappa shape index (κ1) is 11.3. The molecule has 0 fully saturated rings. The van der Waals surface area contributed by atoms with E-state index in [4.69, 9.17) is 34.8 Å². The van der Waals surface area contributed by atoms with Crippen LogP contribution in [0.15, 0.2) is 29.8 Å². The molecule has 0 aliphatic heterocycles. The number of alkyl halides is 1. The molecule has 1 aliphatic carbocycles. The van der Waals surface area contributed by atoms with E-state index in [1.807, 2.05) is 18.2 Å². The summed E-state index contributed by atoms with van der Waals surface area (Å²) in [7, 11) is 0. The summed E-state index contributed by atoms with van der Waals surface area (Å²) in [6, 6.07) is 5.77. The van der Waals surface area contributed by atoms with Crippen molar-refractivity contribution in [1.82, 2.24) is 0 Å². The summed E-state index contributed by atoms with van der Waals surface area (Å²) in [6.07, 6.45) is 5.22. The summed E-state index contributed by atoms with van der Waals surface area (Å²) in [5, 5.41) is 1.44. The van der Waals surface area contributed by atoms with E-state index in [1.165, 1.54) is 11.1 Å². The lowest BCUT2D eigenvalue weighted by atomic mass is 10.1. The van der Waals surface area contributed by atoms with Gasteiger partial charge in [-0.1, -0.05) is 40.9 Å². The molecule has 0 saturated carbocycles. The molecule has 0 radical (unpaired) electrons. The SMILES string of the molecule is Clc1ccc(CC2=CC(Cl)CC2)cc1Cl. The zero-order valence-electron chi connectivity index (χ0n) is 8.14. The fraction of sp³-hybridized carbons (Fsp3) is 0.333. The van der Waals surface area contributed by atoms with Crippen LogP contribution in [0.1, 0.15) is 18.4 Å². The molecule has 1 aliphatic rings. The van der Waals surface area contributed by atoms with Gasteiger partial charge in [-0.05, 0) is 37.0 Å². The van der Waals surface area contributed by atoms with E-state index in [0.717, 1.165) is 19.3 Å². The van der Waals surface area contributed by atoms with E-state index in [1.54, 1.807) is 0 Å². The number of hydrogen-bond donors (Lipinski definition) is 0. The van der Waals surface area contributed by atoms with Gasteiger partial charge in [0.1, 0.15) is 0 Å². The van der Waals surface area contributed by atoms with Gasteiger partial charge < -0.3 is 0 Å². The molecule has 0 spiro atoms. The van der Waals surface area contributed by atoms with Gasteiger partial charge in [-0.2, -0.15) is 0 Å². The smallest absolute Gasteiger partial charge is 0.0595 e. The molecule has 3 heteroatoms. The van der Waals surface area contributed by atoms with Crippen LogP contribution in [0.5, 0.6) is 0 Å². The van der Waals surface area contributed by atoms with E-state index in [0.29, 0.717) is 10.0 Å². The van der Waals surface area contributed by atoms with Gasteiger partial charge in [-0.25, -0.2) is 0 Å². The van der Waals surface area contributed by atoms with E-state index in [9.17, 15) is 0 Å². The Balaban J connectivity index is 2.11. The van der Waals surface area contributed by atoms with Gasteiger partial charge in [-0.15, -0.1) is 11.6 Å². The molecule has 0 nitrogen and oxygen atoms in total. The van der Waals surface area contributed by atoms with Crippen molar-refractivity contribution in [2.24, 2.45) is 0 Å². The lowest BCUT2D eigenvalue weighted by molar-refractivity contribution is 0.892. The Morgan fingerprint density at radius 3 is 2.60 bits per heavy atom. The minimum atomic E-state index is 0.211. The summed E-state index contributed by atoms with van der Waals surface area (Å²) in [6.45, 7) is 0. The third kappa shape index (κ3) is 2.90. The molecule has 1 aromatic rings. The molecular formula is C12H11Cl3. The minimum absolute atomic E-state index is 0.211. The Bertz CT molecular complexity index is 396. The molecular weight excluding hydrogens is 250 g/mol. The Kier molecular flexibility index (Phi) is 3.60. The van der Waals surface area contributed by atoms with Gasteiger partial charge in [0.2, 0.25) is 0 Å². The molecule has 0 saturated heterocycles. The summed E-state index contributed by atoms with van der Waals surface area (Å²) >= 11 is 17.8. The van der Waals surface area contributed by atoms with Gasteiger partial charge >= 0.3 is 0 Å². The molecule has 0 aromatic heterocycles. The quantitative estimate of drug-likeness (QED) is 0.527. The Hall–Kier alpha value is -0.170. The molecule has 0 N–H and O–H groups in total. The van der Waals surface area contributed by atoms with Gasteiger partial charge in [0, 0.05) is 0 Å². The number of allylic oxidation sites excluding steroid dienone is 2. The van der Waals surface area contributed by atoms with E-state index in [-0.39, 0.29) is 5.38 Å². The highest BCUT2D eigenvalue weighted by molar-refractivity contribution is 6.42.